The molecule has 118 valence electrons. The van der Waals surface area contributed by atoms with Gasteiger partial charge in [-0.2, -0.15) is 0 Å². The van der Waals surface area contributed by atoms with Gasteiger partial charge in [0.2, 0.25) is 0 Å². The molecule has 3 atom stereocenters. The fourth-order valence-electron chi connectivity index (χ4n) is 3.82. The Morgan fingerprint density at radius 2 is 2.00 bits per heavy atom. The first-order valence-electron chi connectivity index (χ1n) is 8.27. The molecule has 2 aliphatic rings. The molecule has 4 heteroatoms. The van der Waals surface area contributed by atoms with E-state index in [-0.39, 0.29) is 12.1 Å². The van der Waals surface area contributed by atoms with E-state index in [9.17, 15) is 5.11 Å². The van der Waals surface area contributed by atoms with Crippen molar-refractivity contribution in [3.63, 3.8) is 0 Å². The van der Waals surface area contributed by atoms with Crippen LogP contribution in [-0.4, -0.2) is 73.4 Å². The van der Waals surface area contributed by atoms with Crippen molar-refractivity contribution in [1.29, 1.82) is 0 Å². The summed E-state index contributed by atoms with van der Waals surface area (Å²) in [5.74, 6) is 1.39. The largest absolute Gasteiger partial charge is 0.394 e. The van der Waals surface area contributed by atoms with Gasteiger partial charge in [-0.05, 0) is 51.7 Å². The molecule has 4 nitrogen and oxygen atoms in total. The van der Waals surface area contributed by atoms with Crippen molar-refractivity contribution in [2.24, 2.45) is 11.8 Å². The SMILES string of the molecule is CCCNC(CO)(CN1CC(C)C(N(C)C)C1)C1CC1. The molecule has 0 amide bonds. The Hall–Kier alpha value is -0.160. The highest BCUT2D eigenvalue weighted by Gasteiger charge is 2.46. The number of hydrogen-bond acceptors (Lipinski definition) is 4. The van der Waals surface area contributed by atoms with Crippen molar-refractivity contribution in [2.45, 2.75) is 44.7 Å². The molecule has 0 radical (unpaired) electrons. The summed E-state index contributed by atoms with van der Waals surface area (Å²) in [6.45, 7) is 9.13. The molecule has 20 heavy (non-hydrogen) atoms. The van der Waals surface area contributed by atoms with Crippen molar-refractivity contribution < 1.29 is 5.11 Å². The predicted molar refractivity (Wildman–Crippen MR) is 83.9 cm³/mol. The quantitative estimate of drug-likeness (QED) is 0.697. The van der Waals surface area contributed by atoms with Crippen LogP contribution in [0.3, 0.4) is 0 Å². The second-order valence-corrected chi connectivity index (χ2v) is 7.22. The number of nitrogens with zero attached hydrogens (tertiary/aromatic N) is 2. The Labute approximate surface area is 124 Å². The molecule has 2 N–H and O–H groups in total. The zero-order chi connectivity index (χ0) is 14.8. The van der Waals surface area contributed by atoms with Crippen molar-refractivity contribution in [1.82, 2.24) is 15.1 Å². The number of likely N-dealkylation sites (N-methyl/N-ethyl adjacent to an activating group) is 1. The van der Waals surface area contributed by atoms with Gasteiger partial charge in [0.15, 0.2) is 0 Å². The number of aliphatic hydroxyl groups excluding tert-OH is 1. The normalized spacial score (nSPS) is 30.9. The van der Waals surface area contributed by atoms with E-state index in [2.05, 4.69) is 43.1 Å². The van der Waals surface area contributed by atoms with Gasteiger partial charge in [-0.25, -0.2) is 0 Å². The van der Waals surface area contributed by atoms with E-state index < -0.39 is 0 Å². The van der Waals surface area contributed by atoms with Gasteiger partial charge >= 0.3 is 0 Å². The predicted octanol–water partition coefficient (Wildman–Crippen LogP) is 1.01. The average Bonchev–Trinajstić information content (AvgIpc) is 3.19. The molecule has 1 aliphatic heterocycles. The Balaban J connectivity index is 1.98. The molecule has 3 unspecified atom stereocenters. The molecule has 0 aromatic rings. The van der Waals surface area contributed by atoms with Crippen LogP contribution in [0.2, 0.25) is 0 Å². The lowest BCUT2D eigenvalue weighted by Gasteiger charge is -2.37. The van der Waals surface area contributed by atoms with Gasteiger partial charge in [-0.3, -0.25) is 4.90 Å². The zero-order valence-corrected chi connectivity index (χ0v) is 13.7. The monoisotopic (exact) mass is 283 g/mol. The van der Waals surface area contributed by atoms with Crippen LogP contribution >= 0.6 is 0 Å². The van der Waals surface area contributed by atoms with Crippen LogP contribution in [0.1, 0.15) is 33.1 Å². The third-order valence-electron chi connectivity index (χ3n) is 5.19. The zero-order valence-electron chi connectivity index (χ0n) is 13.7. The summed E-state index contributed by atoms with van der Waals surface area (Å²) in [5, 5.41) is 13.7. The first kappa shape index (κ1) is 16.2. The Morgan fingerprint density at radius 1 is 1.30 bits per heavy atom. The van der Waals surface area contributed by atoms with Gasteiger partial charge in [-0.15, -0.1) is 0 Å². The molecule has 2 rings (SSSR count). The highest BCUT2D eigenvalue weighted by Crippen LogP contribution is 2.40. The number of nitrogens with one attached hydrogen (secondary N) is 1. The summed E-state index contributed by atoms with van der Waals surface area (Å²) in [4.78, 5) is 4.91. The Morgan fingerprint density at radius 3 is 2.45 bits per heavy atom. The van der Waals surface area contributed by atoms with Crippen molar-refractivity contribution >= 4 is 0 Å². The molecule has 0 spiro atoms. The molecular weight excluding hydrogens is 250 g/mol. The lowest BCUT2D eigenvalue weighted by atomic mass is 9.93. The van der Waals surface area contributed by atoms with Crippen LogP contribution in [0.15, 0.2) is 0 Å². The average molecular weight is 283 g/mol. The smallest absolute Gasteiger partial charge is 0.0628 e. The highest BCUT2D eigenvalue weighted by molar-refractivity contribution is 5.04. The maximum atomic E-state index is 10.0. The Bertz CT molecular complexity index is 306. The number of likely N-dealkylation sites (tertiary alicyclic amines) is 1. The van der Waals surface area contributed by atoms with E-state index >= 15 is 0 Å². The summed E-state index contributed by atoms with van der Waals surface area (Å²) in [5.41, 5.74) is -0.0586. The standard InChI is InChI=1S/C16H33N3O/c1-5-8-17-16(12-20,14-6-7-14)11-19-9-13(2)15(10-19)18(3)4/h13-15,17,20H,5-12H2,1-4H3. The molecular formula is C16H33N3O. The van der Waals surface area contributed by atoms with E-state index in [0.717, 1.165) is 32.6 Å². The van der Waals surface area contributed by atoms with Crippen LogP contribution < -0.4 is 5.32 Å². The number of hydrogen-bond donors (Lipinski definition) is 2. The maximum Gasteiger partial charge on any atom is 0.0628 e. The van der Waals surface area contributed by atoms with Gasteiger partial charge in [0.25, 0.3) is 0 Å². The third-order valence-corrected chi connectivity index (χ3v) is 5.19. The maximum absolute atomic E-state index is 10.0. The molecule has 1 aliphatic carbocycles. The lowest BCUT2D eigenvalue weighted by Crippen LogP contribution is -2.58. The molecule has 0 aromatic carbocycles. The van der Waals surface area contributed by atoms with Crippen molar-refractivity contribution in [2.75, 3.05) is 46.9 Å². The number of rotatable bonds is 8. The van der Waals surface area contributed by atoms with Crippen molar-refractivity contribution in [3.8, 4) is 0 Å². The third kappa shape index (κ3) is 3.53. The van der Waals surface area contributed by atoms with Gasteiger partial charge in [0.1, 0.15) is 0 Å². The van der Waals surface area contributed by atoms with Crippen LogP contribution in [0.4, 0.5) is 0 Å². The molecule has 0 aromatic heterocycles. The van der Waals surface area contributed by atoms with Gasteiger partial charge in [0.05, 0.1) is 12.1 Å². The molecule has 0 bridgehead atoms. The fraction of sp³-hybridized carbons (Fsp3) is 1.00. The second-order valence-electron chi connectivity index (χ2n) is 7.22. The summed E-state index contributed by atoms with van der Waals surface area (Å²) >= 11 is 0. The van der Waals surface area contributed by atoms with E-state index in [0.29, 0.717) is 17.9 Å². The van der Waals surface area contributed by atoms with Gasteiger partial charge < -0.3 is 15.3 Å². The summed E-state index contributed by atoms with van der Waals surface area (Å²) in [6.07, 6.45) is 3.68. The summed E-state index contributed by atoms with van der Waals surface area (Å²) < 4.78 is 0. The molecule has 1 saturated heterocycles. The second kappa shape index (κ2) is 6.73. The van der Waals surface area contributed by atoms with Gasteiger partial charge in [0, 0.05) is 25.7 Å². The summed E-state index contributed by atoms with van der Waals surface area (Å²) in [6, 6.07) is 0.650. The first-order valence-corrected chi connectivity index (χ1v) is 8.27. The van der Waals surface area contributed by atoms with E-state index in [1.54, 1.807) is 0 Å². The summed E-state index contributed by atoms with van der Waals surface area (Å²) in [7, 11) is 4.36. The topological polar surface area (TPSA) is 38.7 Å². The van der Waals surface area contributed by atoms with Crippen molar-refractivity contribution in [3.05, 3.63) is 0 Å². The minimum absolute atomic E-state index is 0.0586. The van der Waals surface area contributed by atoms with Crippen LogP contribution in [0.25, 0.3) is 0 Å². The van der Waals surface area contributed by atoms with E-state index in [1.807, 2.05) is 0 Å². The van der Waals surface area contributed by atoms with Gasteiger partial charge in [-0.1, -0.05) is 13.8 Å². The number of aliphatic hydroxyl groups is 1. The molecule has 1 saturated carbocycles. The minimum Gasteiger partial charge on any atom is -0.394 e. The highest BCUT2D eigenvalue weighted by atomic mass is 16.3. The van der Waals surface area contributed by atoms with E-state index in [1.165, 1.54) is 12.8 Å². The van der Waals surface area contributed by atoms with Crippen LogP contribution in [0, 0.1) is 11.8 Å². The molecule has 2 fully saturated rings. The molecule has 1 heterocycles. The van der Waals surface area contributed by atoms with Crippen LogP contribution in [0.5, 0.6) is 0 Å². The Kier molecular flexibility index (Phi) is 5.46. The van der Waals surface area contributed by atoms with Crippen LogP contribution in [-0.2, 0) is 0 Å². The van der Waals surface area contributed by atoms with E-state index in [4.69, 9.17) is 0 Å². The fourth-order valence-corrected chi connectivity index (χ4v) is 3.82. The minimum atomic E-state index is -0.0586. The first-order chi connectivity index (χ1) is 9.52. The lowest BCUT2D eigenvalue weighted by molar-refractivity contribution is 0.0971.